The van der Waals surface area contributed by atoms with Crippen molar-refractivity contribution in [2.45, 2.75) is 46.5 Å². The Morgan fingerprint density at radius 3 is 2.43 bits per heavy atom. The summed E-state index contributed by atoms with van der Waals surface area (Å²) in [6, 6.07) is 23.0. The van der Waals surface area contributed by atoms with E-state index in [0.717, 1.165) is 102 Å². The first-order valence-electron chi connectivity index (χ1n) is 13.7. The lowest BCUT2D eigenvalue weighted by Gasteiger charge is -2.17. The van der Waals surface area contributed by atoms with Gasteiger partial charge >= 0.3 is 0 Å². The molecule has 0 radical (unpaired) electrons. The summed E-state index contributed by atoms with van der Waals surface area (Å²) in [5.74, 6) is 2.00. The van der Waals surface area contributed by atoms with Crippen LogP contribution in [0.2, 0.25) is 0 Å². The molecule has 0 unspecified atom stereocenters. The highest BCUT2D eigenvalue weighted by Crippen LogP contribution is 2.32. The molecule has 0 spiro atoms. The SMILES string of the molecule is CCCCc1nc(-c2ccc3oc4ccccc4c3c2)cn1-c1ccc(OCCCN(CC)CC)cc1. The number of para-hydroxylation sites is 1. The van der Waals surface area contributed by atoms with Gasteiger partial charge in [-0.15, -0.1) is 0 Å². The second-order valence-corrected chi connectivity index (χ2v) is 9.55. The van der Waals surface area contributed by atoms with E-state index in [-0.39, 0.29) is 0 Å². The predicted molar refractivity (Wildman–Crippen MR) is 153 cm³/mol. The fourth-order valence-corrected chi connectivity index (χ4v) is 4.90. The third-order valence-corrected chi connectivity index (χ3v) is 7.10. The second-order valence-electron chi connectivity index (χ2n) is 9.55. The molecule has 2 aromatic heterocycles. The lowest BCUT2D eigenvalue weighted by Crippen LogP contribution is -2.25. The Hall–Kier alpha value is -3.57. The Morgan fingerprint density at radius 1 is 0.865 bits per heavy atom. The molecule has 5 nitrogen and oxygen atoms in total. The van der Waals surface area contributed by atoms with Crippen molar-refractivity contribution < 1.29 is 9.15 Å². The quantitative estimate of drug-likeness (QED) is 0.165. The minimum atomic E-state index is 0.734. The van der Waals surface area contributed by atoms with Crippen LogP contribution < -0.4 is 4.74 Å². The molecule has 0 aliphatic heterocycles. The third kappa shape index (κ3) is 5.57. The van der Waals surface area contributed by atoms with Crippen LogP contribution in [0.15, 0.2) is 77.3 Å². The first-order valence-corrected chi connectivity index (χ1v) is 13.7. The summed E-state index contributed by atoms with van der Waals surface area (Å²) >= 11 is 0. The highest BCUT2D eigenvalue weighted by molar-refractivity contribution is 6.06. The fraction of sp³-hybridized carbons (Fsp3) is 0.344. The van der Waals surface area contributed by atoms with E-state index in [2.05, 4.69) is 91.0 Å². The van der Waals surface area contributed by atoms with E-state index in [9.17, 15) is 0 Å². The molecule has 0 saturated carbocycles. The number of hydrogen-bond acceptors (Lipinski definition) is 4. The zero-order valence-electron chi connectivity index (χ0n) is 22.2. The minimum Gasteiger partial charge on any atom is -0.494 e. The Bertz CT molecular complexity index is 1440. The van der Waals surface area contributed by atoms with E-state index in [4.69, 9.17) is 14.1 Å². The molecule has 5 aromatic rings. The normalized spacial score (nSPS) is 11.7. The van der Waals surface area contributed by atoms with Crippen LogP contribution in [0.4, 0.5) is 0 Å². The first kappa shape index (κ1) is 25.1. The van der Waals surface area contributed by atoms with Gasteiger partial charge in [-0.3, -0.25) is 0 Å². The Balaban J connectivity index is 1.37. The van der Waals surface area contributed by atoms with Crippen molar-refractivity contribution in [3.63, 3.8) is 0 Å². The number of fused-ring (bicyclic) bond motifs is 3. The zero-order valence-corrected chi connectivity index (χ0v) is 22.2. The molecule has 5 rings (SSSR count). The molecule has 0 amide bonds. The Labute approximate surface area is 219 Å². The van der Waals surface area contributed by atoms with Crippen LogP contribution >= 0.6 is 0 Å². The molecule has 37 heavy (non-hydrogen) atoms. The molecule has 2 heterocycles. The fourth-order valence-electron chi connectivity index (χ4n) is 4.90. The lowest BCUT2D eigenvalue weighted by atomic mass is 10.1. The summed E-state index contributed by atoms with van der Waals surface area (Å²) in [6.45, 7) is 10.6. The number of nitrogens with zero attached hydrogens (tertiary/aromatic N) is 3. The van der Waals surface area contributed by atoms with E-state index in [1.54, 1.807) is 0 Å². The van der Waals surface area contributed by atoms with E-state index in [1.165, 1.54) is 0 Å². The van der Waals surface area contributed by atoms with E-state index < -0.39 is 0 Å². The van der Waals surface area contributed by atoms with Crippen LogP contribution in [0.3, 0.4) is 0 Å². The number of aryl methyl sites for hydroxylation is 1. The molecule has 0 N–H and O–H groups in total. The number of benzene rings is 3. The van der Waals surface area contributed by atoms with Crippen LogP contribution in [0.1, 0.15) is 45.9 Å². The van der Waals surface area contributed by atoms with Crippen molar-refractivity contribution >= 4 is 21.9 Å². The second kappa shape index (κ2) is 11.7. The van der Waals surface area contributed by atoms with Gasteiger partial charge in [0, 0.05) is 41.2 Å². The maximum atomic E-state index is 6.02. The molecule has 0 aliphatic carbocycles. The van der Waals surface area contributed by atoms with Gasteiger partial charge in [-0.2, -0.15) is 0 Å². The van der Waals surface area contributed by atoms with E-state index >= 15 is 0 Å². The standard InChI is InChI=1S/C32H37N3O2/c1-4-7-13-32-33-29(24-14-19-31-28(22-24)27-11-8-9-12-30(27)37-31)23-35(32)25-15-17-26(18-16-25)36-21-10-20-34(5-2)6-3/h8-9,11-12,14-19,22-23H,4-7,10,13,20-21H2,1-3H3. The summed E-state index contributed by atoms with van der Waals surface area (Å²) in [7, 11) is 0. The molecule has 0 fully saturated rings. The predicted octanol–water partition coefficient (Wildman–Crippen LogP) is 7.89. The van der Waals surface area contributed by atoms with Crippen molar-refractivity contribution in [2.24, 2.45) is 0 Å². The largest absolute Gasteiger partial charge is 0.494 e. The van der Waals surface area contributed by atoms with Gasteiger partial charge in [0.1, 0.15) is 22.7 Å². The van der Waals surface area contributed by atoms with Gasteiger partial charge in [0.25, 0.3) is 0 Å². The van der Waals surface area contributed by atoms with Crippen molar-refractivity contribution in [1.82, 2.24) is 14.5 Å². The van der Waals surface area contributed by atoms with Gasteiger partial charge in [-0.1, -0.05) is 45.4 Å². The van der Waals surface area contributed by atoms with Crippen LogP contribution in [0, 0.1) is 0 Å². The molecule has 0 bridgehead atoms. The van der Waals surface area contributed by atoms with Crippen molar-refractivity contribution in [2.75, 3.05) is 26.2 Å². The zero-order chi connectivity index (χ0) is 25.6. The summed E-state index contributed by atoms with van der Waals surface area (Å²) < 4.78 is 14.3. The highest BCUT2D eigenvalue weighted by Gasteiger charge is 2.14. The summed E-state index contributed by atoms with van der Waals surface area (Å²) in [6.07, 6.45) is 6.38. The average molecular weight is 496 g/mol. The molecule has 0 aliphatic rings. The molecule has 0 saturated heterocycles. The van der Waals surface area contributed by atoms with Crippen molar-refractivity contribution in [3.05, 3.63) is 78.8 Å². The molecular weight excluding hydrogens is 458 g/mol. The number of imidazole rings is 1. The minimum absolute atomic E-state index is 0.734. The van der Waals surface area contributed by atoms with E-state index in [1.807, 2.05) is 12.1 Å². The number of furan rings is 1. The molecule has 3 aromatic carbocycles. The van der Waals surface area contributed by atoms with Crippen LogP contribution in [-0.4, -0.2) is 40.7 Å². The van der Waals surface area contributed by atoms with Crippen LogP contribution in [0.25, 0.3) is 38.9 Å². The van der Waals surface area contributed by atoms with E-state index in [0.29, 0.717) is 0 Å². The maximum absolute atomic E-state index is 6.02. The Morgan fingerprint density at radius 2 is 1.65 bits per heavy atom. The van der Waals surface area contributed by atoms with Crippen molar-refractivity contribution in [3.8, 4) is 22.7 Å². The van der Waals surface area contributed by atoms with Gasteiger partial charge in [-0.25, -0.2) is 4.98 Å². The summed E-state index contributed by atoms with van der Waals surface area (Å²) in [5.41, 5.74) is 5.01. The van der Waals surface area contributed by atoms with Gasteiger partial charge in [0.05, 0.1) is 12.3 Å². The number of ether oxygens (including phenoxy) is 1. The van der Waals surface area contributed by atoms with Gasteiger partial charge < -0.3 is 18.6 Å². The van der Waals surface area contributed by atoms with Crippen LogP contribution in [0.5, 0.6) is 5.75 Å². The van der Waals surface area contributed by atoms with Gasteiger partial charge in [-0.05, 0) is 74.5 Å². The third-order valence-electron chi connectivity index (χ3n) is 7.10. The number of unbranched alkanes of at least 4 members (excludes halogenated alkanes) is 1. The van der Waals surface area contributed by atoms with Gasteiger partial charge in [0.15, 0.2) is 0 Å². The Kier molecular flexibility index (Phi) is 7.90. The lowest BCUT2D eigenvalue weighted by molar-refractivity contribution is 0.249. The van der Waals surface area contributed by atoms with Gasteiger partial charge in [0.2, 0.25) is 0 Å². The molecule has 0 atom stereocenters. The maximum Gasteiger partial charge on any atom is 0.135 e. The number of hydrogen-bond donors (Lipinski definition) is 0. The van der Waals surface area contributed by atoms with Crippen LogP contribution in [-0.2, 0) is 6.42 Å². The molecule has 5 heteroatoms. The monoisotopic (exact) mass is 495 g/mol. The smallest absolute Gasteiger partial charge is 0.135 e. The van der Waals surface area contributed by atoms with Crippen molar-refractivity contribution in [1.29, 1.82) is 0 Å². The summed E-state index contributed by atoms with van der Waals surface area (Å²) in [4.78, 5) is 7.50. The molecular formula is C32H37N3O2. The topological polar surface area (TPSA) is 43.4 Å². The number of aromatic nitrogens is 2. The highest BCUT2D eigenvalue weighted by atomic mass is 16.5. The first-order chi connectivity index (χ1) is 18.2. The summed E-state index contributed by atoms with van der Waals surface area (Å²) in [5, 5.41) is 2.26. The average Bonchev–Trinajstić information content (AvgIpc) is 3.53. The number of rotatable bonds is 12. The molecule has 192 valence electrons.